The van der Waals surface area contributed by atoms with Crippen LogP contribution < -0.4 is 0 Å². The molecule has 0 atom stereocenters. The summed E-state index contributed by atoms with van der Waals surface area (Å²) in [6, 6.07) is 27.6. The van der Waals surface area contributed by atoms with E-state index in [4.69, 9.17) is 0 Å². The Balaban J connectivity index is 1.13. The molecule has 160 valence electrons. The van der Waals surface area contributed by atoms with E-state index in [9.17, 15) is 9.59 Å². The van der Waals surface area contributed by atoms with Gasteiger partial charge in [-0.1, -0.05) is 36.0 Å². The molecule has 0 aliphatic heterocycles. The van der Waals surface area contributed by atoms with Crippen molar-refractivity contribution in [3.8, 4) is 0 Å². The molecule has 0 N–H and O–H groups in total. The summed E-state index contributed by atoms with van der Waals surface area (Å²) in [5.41, 5.74) is 8.27. The van der Waals surface area contributed by atoms with Crippen LogP contribution >= 0.6 is 11.8 Å². The van der Waals surface area contributed by atoms with Crippen LogP contribution in [0.15, 0.2) is 94.7 Å². The zero-order valence-corrected chi connectivity index (χ0v) is 19.0. The number of aryl methyl sites for hydroxylation is 4. The summed E-state index contributed by atoms with van der Waals surface area (Å²) >= 11 is 1.62. The highest BCUT2D eigenvalue weighted by Gasteiger charge is 2.18. The van der Waals surface area contributed by atoms with Crippen molar-refractivity contribution in [2.75, 3.05) is 0 Å². The molecule has 2 aliphatic rings. The number of fused-ring (bicyclic) bond motifs is 2. The second-order valence-corrected chi connectivity index (χ2v) is 9.92. The normalized spacial score (nSPS) is 13.3. The van der Waals surface area contributed by atoms with E-state index in [0.717, 1.165) is 46.6 Å². The maximum Gasteiger partial charge on any atom is 0.193 e. The van der Waals surface area contributed by atoms with Gasteiger partial charge < -0.3 is 0 Å². The van der Waals surface area contributed by atoms with Crippen LogP contribution in [0, 0.1) is 0 Å². The molecular formula is C30H22O2S. The fourth-order valence-electron chi connectivity index (χ4n) is 4.49. The molecule has 0 spiro atoms. The van der Waals surface area contributed by atoms with Crippen molar-refractivity contribution < 1.29 is 9.59 Å². The van der Waals surface area contributed by atoms with Gasteiger partial charge >= 0.3 is 0 Å². The number of hydrogen-bond donors (Lipinski definition) is 0. The van der Waals surface area contributed by atoms with Crippen molar-refractivity contribution in [2.45, 2.75) is 35.5 Å². The van der Waals surface area contributed by atoms with Gasteiger partial charge in [-0.2, -0.15) is 0 Å². The van der Waals surface area contributed by atoms with E-state index in [1.54, 1.807) is 11.8 Å². The SMILES string of the molecule is O=C(c1ccc(Sc2ccc(C(=O)c3ccc4c(c3)CC4)cc2)cc1)c1ccc2c(c1)CC2. The molecule has 0 saturated carbocycles. The molecule has 2 nitrogen and oxygen atoms in total. The molecule has 3 heteroatoms. The van der Waals surface area contributed by atoms with Gasteiger partial charge in [0.1, 0.15) is 0 Å². The van der Waals surface area contributed by atoms with Crippen LogP contribution in [-0.2, 0) is 25.7 Å². The first-order valence-electron chi connectivity index (χ1n) is 11.3. The highest BCUT2D eigenvalue weighted by Crippen LogP contribution is 2.30. The van der Waals surface area contributed by atoms with Gasteiger partial charge in [0.25, 0.3) is 0 Å². The van der Waals surface area contributed by atoms with E-state index in [2.05, 4.69) is 12.1 Å². The van der Waals surface area contributed by atoms with Crippen molar-refractivity contribution in [1.82, 2.24) is 0 Å². The van der Waals surface area contributed by atoms with Crippen molar-refractivity contribution in [3.05, 3.63) is 129 Å². The second kappa shape index (κ2) is 8.17. The lowest BCUT2D eigenvalue weighted by Crippen LogP contribution is -2.10. The Morgan fingerprint density at radius 2 is 0.818 bits per heavy atom. The first-order chi connectivity index (χ1) is 16.1. The quantitative estimate of drug-likeness (QED) is 0.317. The lowest BCUT2D eigenvalue weighted by molar-refractivity contribution is 0.103. The lowest BCUT2D eigenvalue weighted by Gasteiger charge is -2.19. The molecule has 0 aromatic heterocycles. The first kappa shape index (κ1) is 20.2. The van der Waals surface area contributed by atoms with Crippen LogP contribution in [-0.4, -0.2) is 11.6 Å². The van der Waals surface area contributed by atoms with E-state index < -0.39 is 0 Å². The molecule has 33 heavy (non-hydrogen) atoms. The average Bonchev–Trinajstić information content (AvgIpc) is 2.81. The monoisotopic (exact) mass is 446 g/mol. The molecule has 0 bridgehead atoms. The molecule has 0 heterocycles. The largest absolute Gasteiger partial charge is 0.289 e. The summed E-state index contributed by atoms with van der Waals surface area (Å²) in [4.78, 5) is 27.8. The Morgan fingerprint density at radius 3 is 1.15 bits per heavy atom. The molecule has 0 fully saturated rings. The summed E-state index contributed by atoms with van der Waals surface area (Å²) in [6.07, 6.45) is 4.39. The number of carbonyl (C=O) groups is 2. The summed E-state index contributed by atoms with van der Waals surface area (Å²) in [5.74, 6) is 0.139. The van der Waals surface area contributed by atoms with E-state index in [0.29, 0.717) is 11.1 Å². The van der Waals surface area contributed by atoms with Crippen LogP contribution in [0.3, 0.4) is 0 Å². The third kappa shape index (κ3) is 3.83. The molecule has 0 radical (unpaired) electrons. The van der Waals surface area contributed by atoms with Crippen LogP contribution in [0.25, 0.3) is 0 Å². The minimum Gasteiger partial charge on any atom is -0.289 e. The van der Waals surface area contributed by atoms with E-state index in [1.807, 2.05) is 72.8 Å². The van der Waals surface area contributed by atoms with E-state index >= 15 is 0 Å². The molecule has 4 aromatic rings. The fraction of sp³-hybridized carbons (Fsp3) is 0.133. The Kier molecular flexibility index (Phi) is 5.00. The number of ketones is 2. The molecular weight excluding hydrogens is 424 g/mol. The smallest absolute Gasteiger partial charge is 0.193 e. The Bertz CT molecular complexity index is 1290. The number of benzene rings is 4. The van der Waals surface area contributed by atoms with Crippen LogP contribution in [0.1, 0.15) is 54.1 Å². The van der Waals surface area contributed by atoms with E-state index in [-0.39, 0.29) is 11.6 Å². The van der Waals surface area contributed by atoms with Gasteiger partial charge in [0.2, 0.25) is 0 Å². The minimum atomic E-state index is 0.0694. The van der Waals surface area contributed by atoms with Crippen molar-refractivity contribution in [3.63, 3.8) is 0 Å². The Hall–Kier alpha value is -3.43. The zero-order valence-electron chi connectivity index (χ0n) is 18.1. The maximum atomic E-state index is 12.8. The standard InChI is InChI=1S/C30H22O2S/c31-29(25-7-3-19-1-5-23(19)17-25)21-9-13-27(14-10-21)33-28-15-11-22(12-16-28)30(32)26-8-4-20-2-6-24(20)18-26/h3-4,7-18H,1-2,5-6H2. The van der Waals surface area contributed by atoms with Crippen molar-refractivity contribution in [1.29, 1.82) is 0 Å². The predicted molar refractivity (Wildman–Crippen MR) is 132 cm³/mol. The number of hydrogen-bond acceptors (Lipinski definition) is 3. The van der Waals surface area contributed by atoms with Crippen molar-refractivity contribution in [2.24, 2.45) is 0 Å². The second-order valence-electron chi connectivity index (χ2n) is 8.78. The summed E-state index contributed by atoms with van der Waals surface area (Å²) < 4.78 is 0. The predicted octanol–water partition coefficient (Wildman–Crippen LogP) is 6.50. The van der Waals surface area contributed by atoms with Crippen LogP contribution in [0.4, 0.5) is 0 Å². The van der Waals surface area contributed by atoms with Gasteiger partial charge in [-0.3, -0.25) is 9.59 Å². The third-order valence-electron chi connectivity index (χ3n) is 6.73. The summed E-state index contributed by atoms with van der Waals surface area (Å²) in [6.45, 7) is 0. The molecule has 0 unspecified atom stereocenters. The number of carbonyl (C=O) groups excluding carboxylic acids is 2. The molecule has 2 aliphatic carbocycles. The molecule has 0 amide bonds. The Morgan fingerprint density at radius 1 is 0.455 bits per heavy atom. The number of rotatable bonds is 6. The van der Waals surface area contributed by atoms with Gasteiger partial charge in [0.15, 0.2) is 11.6 Å². The highest BCUT2D eigenvalue weighted by molar-refractivity contribution is 7.99. The van der Waals surface area contributed by atoms with Crippen molar-refractivity contribution >= 4 is 23.3 Å². The molecule has 0 saturated heterocycles. The summed E-state index contributed by atoms with van der Waals surface area (Å²) in [5, 5.41) is 0. The van der Waals surface area contributed by atoms with Gasteiger partial charge in [-0.05, 0) is 109 Å². The van der Waals surface area contributed by atoms with Crippen LogP contribution in [0.5, 0.6) is 0 Å². The van der Waals surface area contributed by atoms with Gasteiger partial charge in [-0.25, -0.2) is 0 Å². The minimum absolute atomic E-state index is 0.0694. The molecule has 4 aromatic carbocycles. The highest BCUT2D eigenvalue weighted by atomic mass is 32.2. The topological polar surface area (TPSA) is 34.1 Å². The van der Waals surface area contributed by atoms with Gasteiger partial charge in [0, 0.05) is 32.0 Å². The first-order valence-corrected chi connectivity index (χ1v) is 12.2. The summed E-state index contributed by atoms with van der Waals surface area (Å²) in [7, 11) is 0. The maximum absolute atomic E-state index is 12.8. The average molecular weight is 447 g/mol. The van der Waals surface area contributed by atoms with Gasteiger partial charge in [0.05, 0.1) is 0 Å². The molecule has 6 rings (SSSR count). The fourth-order valence-corrected chi connectivity index (χ4v) is 5.31. The Labute approximate surface area is 197 Å². The van der Waals surface area contributed by atoms with Crippen LogP contribution in [0.2, 0.25) is 0 Å². The third-order valence-corrected chi connectivity index (χ3v) is 7.75. The van der Waals surface area contributed by atoms with E-state index in [1.165, 1.54) is 22.3 Å². The zero-order chi connectivity index (χ0) is 22.4. The lowest BCUT2D eigenvalue weighted by atomic mass is 9.86. The van der Waals surface area contributed by atoms with Gasteiger partial charge in [-0.15, -0.1) is 0 Å².